The number of ether oxygens (including phenoxy) is 1. The number of hydrogen-bond donors (Lipinski definition) is 1. The number of nitrogens with one attached hydrogen (secondary N) is 1. The van der Waals surface area contributed by atoms with Crippen molar-refractivity contribution in [2.24, 2.45) is 0 Å². The van der Waals surface area contributed by atoms with Crippen molar-refractivity contribution in [3.8, 4) is 5.88 Å². The molecule has 92 valence electrons. The van der Waals surface area contributed by atoms with Crippen LogP contribution in [0.2, 0.25) is 0 Å². The molecular formula is C11H15N3O3. The van der Waals surface area contributed by atoms with E-state index < -0.39 is 4.92 Å². The minimum atomic E-state index is -0.462. The Hall–Kier alpha value is -1.85. The Kier molecular flexibility index (Phi) is 3.41. The quantitative estimate of drug-likeness (QED) is 0.642. The predicted octanol–water partition coefficient (Wildman–Crippen LogP) is 2.35. The van der Waals surface area contributed by atoms with E-state index in [0.29, 0.717) is 5.82 Å². The maximum Gasteiger partial charge on any atom is 0.331 e. The molecule has 0 aliphatic heterocycles. The first-order valence-electron chi connectivity index (χ1n) is 5.70. The number of rotatable bonds is 4. The fourth-order valence-electron chi connectivity index (χ4n) is 1.96. The highest BCUT2D eigenvalue weighted by Gasteiger charge is 2.23. The summed E-state index contributed by atoms with van der Waals surface area (Å²) in [5.41, 5.74) is -0.0732. The molecule has 6 nitrogen and oxygen atoms in total. The highest BCUT2D eigenvalue weighted by molar-refractivity contribution is 5.48. The van der Waals surface area contributed by atoms with E-state index in [9.17, 15) is 10.1 Å². The van der Waals surface area contributed by atoms with Crippen molar-refractivity contribution in [2.45, 2.75) is 31.8 Å². The Morgan fingerprint density at radius 3 is 2.76 bits per heavy atom. The minimum Gasteiger partial charge on any atom is -0.469 e. The van der Waals surface area contributed by atoms with Crippen LogP contribution in [-0.4, -0.2) is 23.1 Å². The molecule has 0 saturated heterocycles. The van der Waals surface area contributed by atoms with Gasteiger partial charge in [-0.1, -0.05) is 0 Å². The Labute approximate surface area is 99.2 Å². The van der Waals surface area contributed by atoms with Gasteiger partial charge in [-0.25, -0.2) is 0 Å². The summed E-state index contributed by atoms with van der Waals surface area (Å²) >= 11 is 0. The van der Waals surface area contributed by atoms with Gasteiger partial charge in [0.1, 0.15) is 11.9 Å². The first-order valence-corrected chi connectivity index (χ1v) is 5.70. The lowest BCUT2D eigenvalue weighted by Gasteiger charge is -2.12. The van der Waals surface area contributed by atoms with Gasteiger partial charge in [0, 0.05) is 13.1 Å². The number of aromatic nitrogens is 1. The van der Waals surface area contributed by atoms with Gasteiger partial charge in [0.05, 0.1) is 4.92 Å². The second-order valence-corrected chi connectivity index (χ2v) is 4.05. The standard InChI is InChI=1S/C11H15N3O3/c1-12-10-7-6-9(14(15)16)11(13-10)17-8-4-2-3-5-8/h6-8H,2-5H2,1H3,(H,12,13). The average molecular weight is 237 g/mol. The Morgan fingerprint density at radius 2 is 2.18 bits per heavy atom. The van der Waals surface area contributed by atoms with Crippen LogP contribution in [0.3, 0.4) is 0 Å². The molecule has 1 aliphatic carbocycles. The molecule has 0 spiro atoms. The third-order valence-corrected chi connectivity index (χ3v) is 2.87. The molecule has 1 heterocycles. The number of nitrogens with zero attached hydrogens (tertiary/aromatic N) is 2. The van der Waals surface area contributed by atoms with Crippen LogP contribution in [0.1, 0.15) is 25.7 Å². The van der Waals surface area contributed by atoms with Crippen LogP contribution in [0.4, 0.5) is 11.5 Å². The van der Waals surface area contributed by atoms with Gasteiger partial charge >= 0.3 is 5.69 Å². The summed E-state index contributed by atoms with van der Waals surface area (Å²) < 4.78 is 5.62. The molecule has 0 aromatic carbocycles. The molecule has 1 fully saturated rings. The smallest absolute Gasteiger partial charge is 0.331 e. The van der Waals surface area contributed by atoms with Crippen LogP contribution in [0.25, 0.3) is 0 Å². The van der Waals surface area contributed by atoms with E-state index in [-0.39, 0.29) is 17.7 Å². The van der Waals surface area contributed by atoms with Crippen LogP contribution in [0.5, 0.6) is 5.88 Å². The highest BCUT2D eigenvalue weighted by Crippen LogP contribution is 2.30. The van der Waals surface area contributed by atoms with Gasteiger partial charge in [-0.2, -0.15) is 4.98 Å². The summed E-state index contributed by atoms with van der Waals surface area (Å²) in [5.74, 6) is 0.692. The Balaban J connectivity index is 2.24. The second kappa shape index (κ2) is 4.99. The lowest BCUT2D eigenvalue weighted by atomic mass is 10.3. The van der Waals surface area contributed by atoms with Crippen molar-refractivity contribution in [3.63, 3.8) is 0 Å². The van der Waals surface area contributed by atoms with E-state index in [0.717, 1.165) is 25.7 Å². The van der Waals surface area contributed by atoms with Gasteiger partial charge in [0.25, 0.3) is 5.88 Å². The van der Waals surface area contributed by atoms with Crippen molar-refractivity contribution in [1.29, 1.82) is 0 Å². The second-order valence-electron chi connectivity index (χ2n) is 4.05. The molecule has 6 heteroatoms. The summed E-state index contributed by atoms with van der Waals surface area (Å²) in [7, 11) is 1.72. The highest BCUT2D eigenvalue weighted by atomic mass is 16.6. The van der Waals surface area contributed by atoms with Crippen molar-refractivity contribution < 1.29 is 9.66 Å². The fraction of sp³-hybridized carbons (Fsp3) is 0.545. The summed E-state index contributed by atoms with van der Waals surface area (Å²) in [4.78, 5) is 14.5. The van der Waals surface area contributed by atoms with E-state index in [1.807, 2.05) is 0 Å². The van der Waals surface area contributed by atoms with E-state index in [2.05, 4.69) is 10.3 Å². The lowest BCUT2D eigenvalue weighted by Crippen LogP contribution is -2.13. The Bertz CT molecular complexity index is 416. The summed E-state index contributed by atoms with van der Waals surface area (Å²) in [5, 5.41) is 13.7. The van der Waals surface area contributed by atoms with Gasteiger partial charge in [-0.05, 0) is 31.7 Å². The molecule has 0 atom stereocenters. The van der Waals surface area contributed by atoms with Crippen LogP contribution in [-0.2, 0) is 0 Å². The molecule has 1 N–H and O–H groups in total. The number of nitro groups is 1. The molecule has 17 heavy (non-hydrogen) atoms. The van der Waals surface area contributed by atoms with Crippen molar-refractivity contribution in [2.75, 3.05) is 12.4 Å². The largest absolute Gasteiger partial charge is 0.469 e. The number of hydrogen-bond acceptors (Lipinski definition) is 5. The topological polar surface area (TPSA) is 77.3 Å². The maximum atomic E-state index is 10.9. The van der Waals surface area contributed by atoms with Crippen LogP contribution in [0, 0.1) is 10.1 Å². The number of pyridine rings is 1. The average Bonchev–Trinajstić information content (AvgIpc) is 2.81. The van der Waals surface area contributed by atoms with Gasteiger partial charge in [0.2, 0.25) is 0 Å². The maximum absolute atomic E-state index is 10.9. The van der Waals surface area contributed by atoms with Crippen molar-refractivity contribution in [3.05, 3.63) is 22.2 Å². The SMILES string of the molecule is CNc1ccc([N+](=O)[O-])c(OC2CCCC2)n1. The summed E-state index contributed by atoms with van der Waals surface area (Å²) in [6, 6.07) is 2.99. The van der Waals surface area contributed by atoms with E-state index in [4.69, 9.17) is 4.74 Å². The van der Waals surface area contributed by atoms with Gasteiger partial charge < -0.3 is 10.1 Å². The van der Waals surface area contributed by atoms with Crippen LogP contribution >= 0.6 is 0 Å². The van der Waals surface area contributed by atoms with E-state index >= 15 is 0 Å². The molecule has 2 rings (SSSR count). The predicted molar refractivity (Wildman–Crippen MR) is 63.3 cm³/mol. The molecule has 1 aromatic rings. The number of anilines is 1. The van der Waals surface area contributed by atoms with Gasteiger partial charge in [0.15, 0.2) is 0 Å². The summed E-state index contributed by atoms with van der Waals surface area (Å²) in [6.07, 6.45) is 4.19. The first-order chi connectivity index (χ1) is 8.20. The van der Waals surface area contributed by atoms with Crippen molar-refractivity contribution >= 4 is 11.5 Å². The third kappa shape index (κ3) is 2.64. The van der Waals surface area contributed by atoms with E-state index in [1.54, 1.807) is 13.1 Å². The van der Waals surface area contributed by atoms with Crippen molar-refractivity contribution in [1.82, 2.24) is 4.98 Å². The zero-order valence-electron chi connectivity index (χ0n) is 9.68. The van der Waals surface area contributed by atoms with Gasteiger partial charge in [-0.15, -0.1) is 0 Å². The van der Waals surface area contributed by atoms with Crippen LogP contribution in [0.15, 0.2) is 12.1 Å². The third-order valence-electron chi connectivity index (χ3n) is 2.87. The molecule has 1 aliphatic rings. The van der Waals surface area contributed by atoms with E-state index in [1.165, 1.54) is 6.07 Å². The molecular weight excluding hydrogens is 222 g/mol. The Morgan fingerprint density at radius 1 is 1.47 bits per heavy atom. The monoisotopic (exact) mass is 237 g/mol. The molecule has 1 aromatic heterocycles. The molecule has 0 bridgehead atoms. The minimum absolute atomic E-state index is 0.0632. The molecule has 0 radical (unpaired) electrons. The fourth-order valence-corrected chi connectivity index (χ4v) is 1.96. The van der Waals surface area contributed by atoms with Crippen LogP contribution < -0.4 is 10.1 Å². The molecule has 1 saturated carbocycles. The normalized spacial score (nSPS) is 15.8. The first kappa shape index (κ1) is 11.6. The molecule has 0 unspecified atom stereocenters. The zero-order valence-corrected chi connectivity index (χ0v) is 9.68. The van der Waals surface area contributed by atoms with Gasteiger partial charge in [-0.3, -0.25) is 10.1 Å². The molecule has 0 amide bonds. The lowest BCUT2D eigenvalue weighted by molar-refractivity contribution is -0.386. The summed E-state index contributed by atoms with van der Waals surface area (Å²) in [6.45, 7) is 0. The zero-order chi connectivity index (χ0) is 12.3.